The maximum absolute atomic E-state index is 12.6. The van der Waals surface area contributed by atoms with E-state index in [2.05, 4.69) is 29.5 Å². The number of amides is 1. The van der Waals surface area contributed by atoms with E-state index < -0.39 is 6.04 Å². The molecule has 3 atom stereocenters. The summed E-state index contributed by atoms with van der Waals surface area (Å²) < 4.78 is 13.4. The molecule has 5 heterocycles. The molecule has 2 aromatic heterocycles. The van der Waals surface area contributed by atoms with Gasteiger partial charge in [0, 0.05) is 55.7 Å². The summed E-state index contributed by atoms with van der Waals surface area (Å²) in [5.74, 6) is 0.347. The molecule has 1 amide bonds. The molecule has 2 saturated heterocycles. The molecule has 0 aliphatic carbocycles. The van der Waals surface area contributed by atoms with Gasteiger partial charge in [0.2, 0.25) is 0 Å². The minimum atomic E-state index is -0.412. The number of carbonyl (C=O) groups excluding carboxylic acids is 1. The van der Waals surface area contributed by atoms with Crippen molar-refractivity contribution in [1.82, 2.24) is 19.7 Å². The number of aromatic nitrogens is 3. The summed E-state index contributed by atoms with van der Waals surface area (Å²) in [4.78, 5) is 24.3. The highest BCUT2D eigenvalue weighted by molar-refractivity contribution is 5.89. The van der Waals surface area contributed by atoms with Gasteiger partial charge < -0.3 is 25.4 Å². The molecule has 222 valence electrons. The average Bonchev–Trinajstić information content (AvgIpc) is 3.44. The summed E-state index contributed by atoms with van der Waals surface area (Å²) in [5, 5.41) is 7.87. The van der Waals surface area contributed by atoms with Gasteiger partial charge in [0.05, 0.1) is 35.5 Å². The molecule has 0 saturated carbocycles. The van der Waals surface area contributed by atoms with Crippen molar-refractivity contribution in [3.63, 3.8) is 0 Å². The Morgan fingerprint density at radius 2 is 2.07 bits per heavy atom. The number of nitrogens with two attached hydrogens (primary N) is 1. The highest BCUT2D eigenvalue weighted by Crippen LogP contribution is 2.34. The smallest absolute Gasteiger partial charge is 0.410 e. The fourth-order valence-corrected chi connectivity index (χ4v) is 5.98. The third kappa shape index (κ3) is 7.35. The molecule has 2 aromatic rings. The van der Waals surface area contributed by atoms with Crippen LogP contribution >= 0.6 is 0 Å². The molecule has 0 bridgehead atoms. The predicted molar refractivity (Wildman–Crippen MR) is 160 cm³/mol. The summed E-state index contributed by atoms with van der Waals surface area (Å²) >= 11 is 0. The molecule has 3 aliphatic rings. The second kappa shape index (κ2) is 13.6. The van der Waals surface area contributed by atoms with E-state index in [9.17, 15) is 4.79 Å². The van der Waals surface area contributed by atoms with Crippen molar-refractivity contribution in [2.75, 3.05) is 25.0 Å². The van der Waals surface area contributed by atoms with Gasteiger partial charge in [0.15, 0.2) is 0 Å². The Kier molecular flexibility index (Phi) is 9.72. The van der Waals surface area contributed by atoms with Crippen LogP contribution in [0.2, 0.25) is 0 Å². The summed E-state index contributed by atoms with van der Waals surface area (Å²) in [6.45, 7) is 6.22. The molecule has 10 nitrogen and oxygen atoms in total. The van der Waals surface area contributed by atoms with Gasteiger partial charge in [-0.3, -0.25) is 14.7 Å². The monoisotopic (exact) mass is 563 g/mol. The van der Waals surface area contributed by atoms with Crippen LogP contribution in [-0.4, -0.2) is 63.5 Å². The molecule has 41 heavy (non-hydrogen) atoms. The van der Waals surface area contributed by atoms with E-state index in [1.54, 1.807) is 4.68 Å². The van der Waals surface area contributed by atoms with Crippen LogP contribution in [0.3, 0.4) is 0 Å². The van der Waals surface area contributed by atoms with Gasteiger partial charge in [-0.1, -0.05) is 19.4 Å². The first-order chi connectivity index (χ1) is 19.9. The molecule has 5 rings (SSSR count). The maximum atomic E-state index is 12.6. The van der Waals surface area contributed by atoms with Crippen molar-refractivity contribution in [3.8, 4) is 11.3 Å². The van der Waals surface area contributed by atoms with Crippen molar-refractivity contribution in [2.24, 2.45) is 23.7 Å². The summed E-state index contributed by atoms with van der Waals surface area (Å²) in [5.41, 5.74) is 12.7. The number of pyridine rings is 1. The average molecular weight is 564 g/mol. The second-order valence-electron chi connectivity index (χ2n) is 11.6. The molecule has 0 spiro atoms. The highest BCUT2D eigenvalue weighted by atomic mass is 16.6. The van der Waals surface area contributed by atoms with Crippen molar-refractivity contribution in [3.05, 3.63) is 42.0 Å². The first-order valence-corrected chi connectivity index (χ1v) is 15.3. The van der Waals surface area contributed by atoms with Crippen molar-refractivity contribution >= 4 is 17.5 Å². The molecule has 2 fully saturated rings. The van der Waals surface area contributed by atoms with E-state index in [0.29, 0.717) is 19.0 Å². The number of nitrogens with one attached hydrogen (secondary N) is 1. The molecular weight excluding hydrogens is 518 g/mol. The molecule has 10 heteroatoms. The van der Waals surface area contributed by atoms with Gasteiger partial charge in [0.1, 0.15) is 12.3 Å². The maximum Gasteiger partial charge on any atom is 0.410 e. The number of rotatable bonds is 9. The van der Waals surface area contributed by atoms with Crippen molar-refractivity contribution < 1.29 is 14.3 Å². The zero-order valence-electron chi connectivity index (χ0n) is 24.7. The van der Waals surface area contributed by atoms with Gasteiger partial charge in [-0.25, -0.2) is 4.79 Å². The molecule has 3 N–H and O–H groups in total. The lowest BCUT2D eigenvalue weighted by atomic mass is 9.87. The lowest BCUT2D eigenvalue weighted by Gasteiger charge is -2.33. The van der Waals surface area contributed by atoms with Crippen LogP contribution in [0.1, 0.15) is 83.2 Å². The molecule has 3 aliphatic heterocycles. The van der Waals surface area contributed by atoms with Crippen LogP contribution in [0.5, 0.6) is 0 Å². The van der Waals surface area contributed by atoms with Crippen LogP contribution in [0.25, 0.3) is 11.3 Å². The number of nitrogens with zero attached hydrogens (tertiary/aromatic N) is 5. The van der Waals surface area contributed by atoms with Gasteiger partial charge >= 0.3 is 6.09 Å². The minimum Gasteiger partial charge on any atom is -0.446 e. The van der Waals surface area contributed by atoms with E-state index in [4.69, 9.17) is 25.2 Å². The van der Waals surface area contributed by atoms with E-state index in [1.807, 2.05) is 37.5 Å². The Morgan fingerprint density at radius 3 is 2.78 bits per heavy atom. The molecule has 0 radical (unpaired) electrons. The quantitative estimate of drug-likeness (QED) is 0.409. The summed E-state index contributed by atoms with van der Waals surface area (Å²) in [6.07, 6.45) is 16.2. The molecule has 3 unspecified atom stereocenters. The number of hydrogen-bond donors (Lipinski definition) is 2. The third-order valence-corrected chi connectivity index (χ3v) is 8.33. The van der Waals surface area contributed by atoms with E-state index >= 15 is 0 Å². The van der Waals surface area contributed by atoms with Crippen LogP contribution in [0.4, 0.5) is 10.5 Å². The van der Waals surface area contributed by atoms with Crippen molar-refractivity contribution in [2.45, 2.75) is 90.0 Å². The van der Waals surface area contributed by atoms with Gasteiger partial charge in [0.25, 0.3) is 0 Å². The Balaban J connectivity index is 1.31. The highest BCUT2D eigenvalue weighted by Gasteiger charge is 2.29. The van der Waals surface area contributed by atoms with Crippen LogP contribution in [0.15, 0.2) is 41.4 Å². The minimum absolute atomic E-state index is 0.0435. The topological polar surface area (TPSA) is 120 Å². The first kappa shape index (κ1) is 29.3. The SMILES string of the molecule is CCCC(C)OC(=O)N1CCC(C2=NC(C(N)c3cc(-c4cnn(C)c4)ncc3NC3CCCCO3)=CCC2)CC1. The molecular formula is C31H45N7O3. The fourth-order valence-electron chi connectivity index (χ4n) is 5.98. The third-order valence-electron chi connectivity index (χ3n) is 8.33. The Labute approximate surface area is 243 Å². The standard InChI is InChI=1S/C31H45N7O3/c1-4-8-21(2)41-31(39)38-14-12-22(13-15-38)25-9-7-10-26(35-25)30(32)24-17-27(23-18-34-37(3)20-23)33-19-28(24)36-29-11-5-6-16-40-29/h10,17-22,29-30,36H,4-9,11-16,32H2,1-3H3. The largest absolute Gasteiger partial charge is 0.446 e. The predicted octanol–water partition coefficient (Wildman–Crippen LogP) is 5.58. The fraction of sp³-hybridized carbons (Fsp3) is 0.613. The number of aliphatic imine (C=N–C) groups is 1. The Bertz CT molecular complexity index is 1240. The number of ether oxygens (including phenoxy) is 2. The number of likely N-dealkylation sites (tertiary alicyclic amines) is 1. The zero-order chi connectivity index (χ0) is 28.8. The number of piperidine rings is 1. The number of allylic oxidation sites excluding steroid dienone is 1. The number of carbonyl (C=O) groups is 1. The van der Waals surface area contributed by atoms with Gasteiger partial charge in [-0.05, 0) is 64.4 Å². The van der Waals surface area contributed by atoms with E-state index in [0.717, 1.165) is 92.6 Å². The number of anilines is 1. The second-order valence-corrected chi connectivity index (χ2v) is 11.6. The van der Waals surface area contributed by atoms with Crippen LogP contribution in [-0.2, 0) is 16.5 Å². The van der Waals surface area contributed by atoms with Crippen molar-refractivity contribution in [1.29, 1.82) is 0 Å². The van der Waals surface area contributed by atoms with E-state index in [-0.39, 0.29) is 18.4 Å². The lowest BCUT2D eigenvalue weighted by Crippen LogP contribution is -2.41. The Morgan fingerprint density at radius 1 is 1.24 bits per heavy atom. The van der Waals surface area contributed by atoms with Gasteiger partial charge in [-0.15, -0.1) is 0 Å². The normalized spacial score (nSPS) is 21.6. The zero-order valence-corrected chi connectivity index (χ0v) is 24.7. The van der Waals surface area contributed by atoms with Crippen LogP contribution < -0.4 is 11.1 Å². The Hall–Kier alpha value is -3.24. The van der Waals surface area contributed by atoms with Crippen LogP contribution in [0, 0.1) is 5.92 Å². The van der Waals surface area contributed by atoms with E-state index in [1.165, 1.54) is 5.71 Å². The number of hydrogen-bond acceptors (Lipinski definition) is 8. The summed E-state index contributed by atoms with van der Waals surface area (Å²) in [7, 11) is 1.90. The number of aryl methyl sites for hydroxylation is 1. The first-order valence-electron chi connectivity index (χ1n) is 15.3. The lowest BCUT2D eigenvalue weighted by molar-refractivity contribution is 0.0342. The summed E-state index contributed by atoms with van der Waals surface area (Å²) in [6, 6.07) is 1.64. The molecule has 0 aromatic carbocycles. The van der Waals surface area contributed by atoms with Gasteiger partial charge in [-0.2, -0.15) is 5.10 Å².